The van der Waals surface area contributed by atoms with Gasteiger partial charge in [-0.25, -0.2) is 4.98 Å². The molecule has 0 fully saturated rings. The average Bonchev–Trinajstić information content (AvgIpc) is 3.10. The Balaban J connectivity index is 1.57. The van der Waals surface area contributed by atoms with Crippen molar-refractivity contribution >= 4 is 52.0 Å². The Kier molecular flexibility index (Phi) is 7.31. The second kappa shape index (κ2) is 9.93. The lowest BCUT2D eigenvalue weighted by Crippen LogP contribution is -2.41. The number of carbonyl (C=O) groups is 2. The Morgan fingerprint density at radius 3 is 2.30 bits per heavy atom. The van der Waals surface area contributed by atoms with Crippen molar-refractivity contribution in [3.05, 3.63) is 74.2 Å². The highest BCUT2D eigenvalue weighted by Crippen LogP contribution is 2.22. The molecule has 6 nitrogen and oxygen atoms in total. The van der Waals surface area contributed by atoms with Crippen LogP contribution in [0.25, 0.3) is 0 Å². The predicted octanol–water partition coefficient (Wildman–Crippen LogP) is 5.09. The number of benzene rings is 2. The zero-order valence-electron chi connectivity index (χ0n) is 16.2. The molecular weight excluding hydrogens is 445 g/mol. The molecular formula is C21H19Cl2N3O3S. The number of nitrogens with zero attached hydrogens (tertiary/aromatic N) is 1. The van der Waals surface area contributed by atoms with Gasteiger partial charge >= 0.3 is 0 Å². The number of rotatable bonds is 7. The molecule has 3 rings (SSSR count). The molecule has 9 heteroatoms. The number of amides is 2. The molecule has 0 saturated heterocycles. The summed E-state index contributed by atoms with van der Waals surface area (Å²) in [5.41, 5.74) is 1.18. The molecule has 1 unspecified atom stereocenters. The van der Waals surface area contributed by atoms with Gasteiger partial charge in [0.05, 0.1) is 5.69 Å². The largest absolute Gasteiger partial charge is 0.486 e. The predicted molar refractivity (Wildman–Crippen MR) is 120 cm³/mol. The first-order chi connectivity index (χ1) is 14.3. The number of nitrogens with one attached hydrogen (secondary N) is 2. The summed E-state index contributed by atoms with van der Waals surface area (Å²) in [6, 6.07) is 13.0. The van der Waals surface area contributed by atoms with Gasteiger partial charge in [-0.05, 0) is 62.4 Å². The van der Waals surface area contributed by atoms with Gasteiger partial charge in [0.25, 0.3) is 5.91 Å². The van der Waals surface area contributed by atoms with E-state index in [4.69, 9.17) is 27.9 Å². The van der Waals surface area contributed by atoms with Crippen LogP contribution in [0.1, 0.15) is 27.3 Å². The second-order valence-corrected chi connectivity index (χ2v) is 8.41. The molecule has 1 aromatic heterocycles. The zero-order chi connectivity index (χ0) is 21.7. The molecule has 0 aliphatic rings. The van der Waals surface area contributed by atoms with Crippen LogP contribution in [0, 0.1) is 6.92 Å². The summed E-state index contributed by atoms with van der Waals surface area (Å²) in [7, 11) is 0. The number of aryl methyl sites for hydroxylation is 1. The molecule has 0 saturated carbocycles. The molecule has 2 amide bonds. The quantitative estimate of drug-likeness (QED) is 0.510. The molecule has 0 aliphatic heterocycles. The van der Waals surface area contributed by atoms with Crippen LogP contribution in [0.3, 0.4) is 0 Å². The summed E-state index contributed by atoms with van der Waals surface area (Å²) in [5.74, 6) is -0.0358. The number of hydrogen-bond donors (Lipinski definition) is 2. The molecule has 0 spiro atoms. The first kappa shape index (κ1) is 22.1. The monoisotopic (exact) mass is 463 g/mol. The van der Waals surface area contributed by atoms with Gasteiger partial charge in [-0.3, -0.25) is 9.59 Å². The summed E-state index contributed by atoms with van der Waals surface area (Å²) in [6.07, 6.45) is 0. The fourth-order valence-electron chi connectivity index (χ4n) is 2.51. The third-order valence-corrected chi connectivity index (χ3v) is 5.71. The van der Waals surface area contributed by atoms with E-state index in [0.29, 0.717) is 37.1 Å². The molecule has 2 aromatic carbocycles. The van der Waals surface area contributed by atoms with Gasteiger partial charge in [0.2, 0.25) is 5.91 Å². The minimum absolute atomic E-state index is 0.229. The lowest BCUT2D eigenvalue weighted by Gasteiger charge is -2.13. The lowest BCUT2D eigenvalue weighted by atomic mass is 10.2. The van der Waals surface area contributed by atoms with Gasteiger partial charge in [0, 0.05) is 15.7 Å². The maximum atomic E-state index is 12.6. The molecule has 0 bridgehead atoms. The van der Waals surface area contributed by atoms with E-state index in [1.165, 1.54) is 11.3 Å². The van der Waals surface area contributed by atoms with Gasteiger partial charge in [-0.15, -0.1) is 11.3 Å². The molecule has 0 radical (unpaired) electrons. The van der Waals surface area contributed by atoms with Crippen LogP contribution in [0.4, 0.5) is 5.69 Å². The van der Waals surface area contributed by atoms with Crippen LogP contribution in [-0.4, -0.2) is 22.8 Å². The Labute approximate surface area is 188 Å². The fourth-order valence-corrected chi connectivity index (χ4v) is 3.65. The summed E-state index contributed by atoms with van der Waals surface area (Å²) in [5, 5.41) is 7.29. The zero-order valence-corrected chi connectivity index (χ0v) is 18.6. The van der Waals surface area contributed by atoms with E-state index in [1.807, 2.05) is 0 Å². The van der Waals surface area contributed by atoms with E-state index in [1.54, 1.807) is 62.4 Å². The SMILES string of the molecule is Cc1nc(COc2ccc(Cl)cc2)sc1C(=O)NC(C)C(=O)Nc1ccc(Cl)cc1. The molecule has 1 atom stereocenters. The van der Waals surface area contributed by atoms with Crippen molar-refractivity contribution in [2.75, 3.05) is 5.32 Å². The Bertz CT molecular complexity index is 1040. The second-order valence-electron chi connectivity index (χ2n) is 6.46. The highest BCUT2D eigenvalue weighted by molar-refractivity contribution is 7.13. The Hall–Kier alpha value is -2.61. The van der Waals surface area contributed by atoms with Crippen molar-refractivity contribution in [1.82, 2.24) is 10.3 Å². The van der Waals surface area contributed by atoms with E-state index in [-0.39, 0.29) is 18.4 Å². The first-order valence-corrected chi connectivity index (χ1v) is 10.6. The molecule has 30 heavy (non-hydrogen) atoms. The van der Waals surface area contributed by atoms with Crippen LogP contribution in [0.5, 0.6) is 5.75 Å². The summed E-state index contributed by atoms with van der Waals surface area (Å²) in [4.78, 5) is 29.8. The molecule has 0 aliphatic carbocycles. The normalized spacial score (nSPS) is 11.6. The number of halogens is 2. The van der Waals surface area contributed by atoms with Crippen molar-refractivity contribution in [1.29, 1.82) is 0 Å². The minimum Gasteiger partial charge on any atom is -0.486 e. The number of hydrogen-bond acceptors (Lipinski definition) is 5. The van der Waals surface area contributed by atoms with Gasteiger partial charge in [-0.1, -0.05) is 23.2 Å². The van der Waals surface area contributed by atoms with E-state index in [2.05, 4.69) is 15.6 Å². The van der Waals surface area contributed by atoms with Crippen molar-refractivity contribution in [3.8, 4) is 5.75 Å². The number of aromatic nitrogens is 1. The van der Waals surface area contributed by atoms with E-state index in [0.717, 1.165) is 0 Å². The maximum absolute atomic E-state index is 12.6. The third-order valence-electron chi connectivity index (χ3n) is 4.08. The van der Waals surface area contributed by atoms with Gasteiger partial charge in [-0.2, -0.15) is 0 Å². The van der Waals surface area contributed by atoms with Gasteiger partial charge in [0.1, 0.15) is 28.3 Å². The van der Waals surface area contributed by atoms with Crippen LogP contribution in [0.15, 0.2) is 48.5 Å². The number of anilines is 1. The molecule has 3 aromatic rings. The Morgan fingerprint density at radius 1 is 1.07 bits per heavy atom. The fraction of sp³-hybridized carbons (Fsp3) is 0.190. The van der Waals surface area contributed by atoms with E-state index < -0.39 is 6.04 Å². The number of ether oxygens (including phenoxy) is 1. The maximum Gasteiger partial charge on any atom is 0.263 e. The van der Waals surface area contributed by atoms with Crippen LogP contribution >= 0.6 is 34.5 Å². The van der Waals surface area contributed by atoms with Gasteiger partial charge < -0.3 is 15.4 Å². The summed E-state index contributed by atoms with van der Waals surface area (Å²) < 4.78 is 5.67. The average molecular weight is 464 g/mol. The van der Waals surface area contributed by atoms with E-state index >= 15 is 0 Å². The smallest absolute Gasteiger partial charge is 0.263 e. The minimum atomic E-state index is -0.733. The molecule has 1 heterocycles. The highest BCUT2D eigenvalue weighted by Gasteiger charge is 2.21. The number of carbonyl (C=O) groups excluding carboxylic acids is 2. The summed E-state index contributed by atoms with van der Waals surface area (Å²) >= 11 is 12.9. The van der Waals surface area contributed by atoms with Crippen LogP contribution < -0.4 is 15.4 Å². The van der Waals surface area contributed by atoms with Crippen molar-refractivity contribution in [2.45, 2.75) is 26.5 Å². The van der Waals surface area contributed by atoms with Gasteiger partial charge in [0.15, 0.2) is 0 Å². The van der Waals surface area contributed by atoms with Crippen molar-refractivity contribution in [3.63, 3.8) is 0 Å². The van der Waals surface area contributed by atoms with Crippen molar-refractivity contribution in [2.24, 2.45) is 0 Å². The Morgan fingerprint density at radius 2 is 1.67 bits per heavy atom. The number of thiazole rings is 1. The topological polar surface area (TPSA) is 80.3 Å². The molecule has 156 valence electrons. The third kappa shape index (κ3) is 5.95. The van der Waals surface area contributed by atoms with Crippen LogP contribution in [0.2, 0.25) is 10.0 Å². The lowest BCUT2D eigenvalue weighted by molar-refractivity contribution is -0.117. The first-order valence-electron chi connectivity index (χ1n) is 9.04. The van der Waals surface area contributed by atoms with Crippen molar-refractivity contribution < 1.29 is 14.3 Å². The van der Waals surface area contributed by atoms with E-state index in [9.17, 15) is 9.59 Å². The standard InChI is InChI=1S/C21H19Cl2N3O3S/c1-12-19(30-18(24-12)11-29-17-9-5-15(23)6-10-17)21(28)25-13(2)20(27)26-16-7-3-14(22)4-8-16/h3-10,13H,11H2,1-2H3,(H,25,28)(H,26,27). The molecule has 2 N–H and O–H groups in total. The summed E-state index contributed by atoms with van der Waals surface area (Å²) in [6.45, 7) is 3.59. The van der Waals surface area contributed by atoms with Crippen LogP contribution in [-0.2, 0) is 11.4 Å². The highest BCUT2D eigenvalue weighted by atomic mass is 35.5.